The number of hydrogen-bond acceptors (Lipinski definition) is 3. The van der Waals surface area contributed by atoms with E-state index in [1.54, 1.807) is 0 Å². The summed E-state index contributed by atoms with van der Waals surface area (Å²) in [7, 11) is 0. The third-order valence-electron chi connectivity index (χ3n) is 3.73. The van der Waals surface area contributed by atoms with Crippen LogP contribution in [-0.2, 0) is 6.54 Å². The van der Waals surface area contributed by atoms with Gasteiger partial charge in [0.1, 0.15) is 0 Å². The highest BCUT2D eigenvalue weighted by molar-refractivity contribution is 5.43. The lowest BCUT2D eigenvalue weighted by atomic mass is 9.92. The third-order valence-corrected chi connectivity index (χ3v) is 3.73. The fourth-order valence-corrected chi connectivity index (χ4v) is 3.09. The number of likely N-dealkylation sites (tertiary alicyclic amines) is 1. The Hall–Kier alpha value is -1.09. The third kappa shape index (κ3) is 4.50. The smallest absolute Gasteiger partial charge is 0.0564 e. The molecule has 3 heteroatoms. The van der Waals surface area contributed by atoms with Crippen LogP contribution in [0.25, 0.3) is 0 Å². The molecule has 0 spiro atoms. The number of anilines is 1. The van der Waals surface area contributed by atoms with Gasteiger partial charge in [-0.2, -0.15) is 0 Å². The molecule has 1 aromatic heterocycles. The lowest BCUT2D eigenvalue weighted by molar-refractivity contribution is 0.133. The monoisotopic (exact) mass is 261 g/mol. The topological polar surface area (TPSA) is 28.2 Å². The van der Waals surface area contributed by atoms with Gasteiger partial charge in [0.15, 0.2) is 0 Å². The molecule has 2 atom stereocenters. The lowest BCUT2D eigenvalue weighted by Crippen LogP contribution is -2.38. The number of aromatic nitrogens is 1. The number of pyridine rings is 1. The van der Waals surface area contributed by atoms with Gasteiger partial charge in [-0.3, -0.25) is 9.88 Å². The Morgan fingerprint density at radius 3 is 2.74 bits per heavy atom. The van der Waals surface area contributed by atoms with Crippen molar-refractivity contribution in [3.63, 3.8) is 0 Å². The van der Waals surface area contributed by atoms with Crippen molar-refractivity contribution >= 4 is 5.69 Å². The fourth-order valence-electron chi connectivity index (χ4n) is 3.09. The molecule has 2 unspecified atom stereocenters. The van der Waals surface area contributed by atoms with Crippen LogP contribution in [0.15, 0.2) is 18.3 Å². The second-order valence-corrected chi connectivity index (χ2v) is 6.10. The molecule has 0 amide bonds. The first-order valence-corrected chi connectivity index (χ1v) is 7.58. The van der Waals surface area contributed by atoms with Gasteiger partial charge in [-0.15, -0.1) is 0 Å². The summed E-state index contributed by atoms with van der Waals surface area (Å²) in [5, 5.41) is 3.43. The van der Waals surface area contributed by atoms with Crippen LogP contribution in [0.2, 0.25) is 0 Å². The van der Waals surface area contributed by atoms with Gasteiger partial charge in [0.2, 0.25) is 0 Å². The zero-order valence-electron chi connectivity index (χ0n) is 12.5. The molecule has 0 aromatic carbocycles. The SMILES string of the molecule is CCCNc1ccnc(CN2CC(C)CC(C)C2)c1. The summed E-state index contributed by atoms with van der Waals surface area (Å²) >= 11 is 0. The Morgan fingerprint density at radius 2 is 2.05 bits per heavy atom. The van der Waals surface area contributed by atoms with E-state index >= 15 is 0 Å². The molecule has 0 aliphatic carbocycles. The van der Waals surface area contributed by atoms with Crippen molar-refractivity contribution in [2.45, 2.75) is 40.2 Å². The second-order valence-electron chi connectivity index (χ2n) is 6.10. The van der Waals surface area contributed by atoms with Crippen molar-refractivity contribution in [2.75, 3.05) is 25.0 Å². The molecule has 1 aromatic rings. The molecule has 1 saturated heterocycles. The largest absolute Gasteiger partial charge is 0.385 e. The maximum atomic E-state index is 4.51. The van der Waals surface area contributed by atoms with Crippen LogP contribution in [0, 0.1) is 11.8 Å². The quantitative estimate of drug-likeness (QED) is 0.880. The van der Waals surface area contributed by atoms with Gasteiger partial charge in [-0.05, 0) is 36.8 Å². The normalized spacial score (nSPS) is 24.4. The van der Waals surface area contributed by atoms with Crippen LogP contribution in [0.5, 0.6) is 0 Å². The zero-order chi connectivity index (χ0) is 13.7. The van der Waals surface area contributed by atoms with E-state index in [1.165, 1.54) is 30.9 Å². The van der Waals surface area contributed by atoms with Crippen LogP contribution >= 0.6 is 0 Å². The van der Waals surface area contributed by atoms with Crippen LogP contribution < -0.4 is 5.32 Å². The minimum Gasteiger partial charge on any atom is -0.385 e. The minimum absolute atomic E-state index is 0.810. The Kier molecular flexibility index (Phi) is 5.20. The molecular weight excluding hydrogens is 234 g/mol. The van der Waals surface area contributed by atoms with E-state index < -0.39 is 0 Å². The molecule has 1 aliphatic rings. The highest BCUT2D eigenvalue weighted by Crippen LogP contribution is 2.22. The summed E-state index contributed by atoms with van der Waals surface area (Å²) in [6.07, 6.45) is 4.44. The first-order chi connectivity index (χ1) is 9.17. The molecule has 1 fully saturated rings. The Labute approximate surface area is 117 Å². The van der Waals surface area contributed by atoms with Crippen molar-refractivity contribution in [3.8, 4) is 0 Å². The molecule has 0 radical (unpaired) electrons. The summed E-state index contributed by atoms with van der Waals surface area (Å²) < 4.78 is 0. The standard InChI is InChI=1S/C16H27N3/c1-4-6-17-15-5-7-18-16(9-15)12-19-10-13(2)8-14(3)11-19/h5,7,9,13-14H,4,6,8,10-12H2,1-3H3,(H,17,18). The summed E-state index contributed by atoms with van der Waals surface area (Å²) in [5.74, 6) is 1.62. The van der Waals surface area contributed by atoms with Crippen LogP contribution in [0.1, 0.15) is 39.3 Å². The number of hydrogen-bond donors (Lipinski definition) is 1. The lowest BCUT2D eigenvalue weighted by Gasteiger charge is -2.34. The van der Waals surface area contributed by atoms with Crippen molar-refractivity contribution in [1.82, 2.24) is 9.88 Å². The van der Waals surface area contributed by atoms with Gasteiger partial charge < -0.3 is 5.32 Å². The maximum absolute atomic E-state index is 4.51. The van der Waals surface area contributed by atoms with E-state index in [0.29, 0.717) is 0 Å². The first-order valence-electron chi connectivity index (χ1n) is 7.58. The van der Waals surface area contributed by atoms with E-state index in [2.05, 4.69) is 48.1 Å². The van der Waals surface area contributed by atoms with Gasteiger partial charge in [0.05, 0.1) is 5.69 Å². The Morgan fingerprint density at radius 1 is 1.32 bits per heavy atom. The summed E-state index contributed by atoms with van der Waals surface area (Å²) in [6.45, 7) is 11.3. The molecule has 2 heterocycles. The molecule has 106 valence electrons. The highest BCUT2D eigenvalue weighted by atomic mass is 15.1. The van der Waals surface area contributed by atoms with E-state index in [9.17, 15) is 0 Å². The molecule has 0 bridgehead atoms. The molecule has 1 N–H and O–H groups in total. The first kappa shape index (κ1) is 14.3. The molecule has 2 rings (SSSR count). The second kappa shape index (κ2) is 6.90. The van der Waals surface area contributed by atoms with Gasteiger partial charge in [-0.25, -0.2) is 0 Å². The van der Waals surface area contributed by atoms with Crippen molar-refractivity contribution in [3.05, 3.63) is 24.0 Å². The predicted molar refractivity (Wildman–Crippen MR) is 81.2 cm³/mol. The van der Waals surface area contributed by atoms with E-state index in [-0.39, 0.29) is 0 Å². The van der Waals surface area contributed by atoms with Crippen molar-refractivity contribution < 1.29 is 0 Å². The van der Waals surface area contributed by atoms with Crippen LogP contribution in [0.4, 0.5) is 5.69 Å². The fraction of sp³-hybridized carbons (Fsp3) is 0.688. The average Bonchev–Trinajstić information content (AvgIpc) is 2.35. The number of piperidine rings is 1. The Bertz CT molecular complexity index is 381. The van der Waals surface area contributed by atoms with Crippen LogP contribution in [0.3, 0.4) is 0 Å². The number of nitrogens with zero attached hydrogens (tertiary/aromatic N) is 2. The molecule has 1 aliphatic heterocycles. The van der Waals surface area contributed by atoms with Crippen LogP contribution in [-0.4, -0.2) is 29.5 Å². The molecule has 19 heavy (non-hydrogen) atoms. The van der Waals surface area contributed by atoms with Gasteiger partial charge >= 0.3 is 0 Å². The van der Waals surface area contributed by atoms with Gasteiger partial charge in [0, 0.05) is 38.1 Å². The van der Waals surface area contributed by atoms with Gasteiger partial charge in [0.25, 0.3) is 0 Å². The number of rotatable bonds is 5. The molecular formula is C16H27N3. The van der Waals surface area contributed by atoms with Crippen molar-refractivity contribution in [1.29, 1.82) is 0 Å². The molecule has 3 nitrogen and oxygen atoms in total. The zero-order valence-corrected chi connectivity index (χ0v) is 12.5. The van der Waals surface area contributed by atoms with E-state index in [4.69, 9.17) is 0 Å². The van der Waals surface area contributed by atoms with E-state index in [1.807, 2.05) is 6.20 Å². The van der Waals surface area contributed by atoms with Gasteiger partial charge in [-0.1, -0.05) is 20.8 Å². The summed E-state index contributed by atoms with van der Waals surface area (Å²) in [5.41, 5.74) is 2.38. The summed E-state index contributed by atoms with van der Waals surface area (Å²) in [6, 6.07) is 4.25. The Balaban J connectivity index is 1.94. The summed E-state index contributed by atoms with van der Waals surface area (Å²) in [4.78, 5) is 7.06. The average molecular weight is 261 g/mol. The predicted octanol–water partition coefficient (Wildman–Crippen LogP) is 3.38. The minimum atomic E-state index is 0.810. The highest BCUT2D eigenvalue weighted by Gasteiger charge is 2.21. The maximum Gasteiger partial charge on any atom is 0.0564 e. The number of nitrogens with one attached hydrogen (secondary N) is 1. The molecule has 0 saturated carbocycles. The van der Waals surface area contributed by atoms with E-state index in [0.717, 1.165) is 31.3 Å². The van der Waals surface area contributed by atoms with Crippen molar-refractivity contribution in [2.24, 2.45) is 11.8 Å².